The summed E-state index contributed by atoms with van der Waals surface area (Å²) in [7, 11) is 0. The fraction of sp³-hybridized carbons (Fsp3) is 0.238. The van der Waals surface area contributed by atoms with Crippen molar-refractivity contribution in [2.75, 3.05) is 0 Å². The molecule has 0 bridgehead atoms. The Kier molecular flexibility index (Phi) is 4.12. The molecule has 0 amide bonds. The SMILES string of the molecule is CC(C)(C1C=CC=C1)C1c2ccccc2-c2ccccc21.[Zr]. The van der Waals surface area contributed by atoms with Gasteiger partial charge >= 0.3 is 0 Å². The van der Waals surface area contributed by atoms with Gasteiger partial charge in [-0.3, -0.25) is 0 Å². The first kappa shape index (κ1) is 15.7. The Morgan fingerprint density at radius 1 is 0.727 bits per heavy atom. The van der Waals surface area contributed by atoms with Crippen LogP contribution >= 0.6 is 0 Å². The van der Waals surface area contributed by atoms with E-state index in [2.05, 4.69) is 86.7 Å². The predicted octanol–water partition coefficient (Wildman–Crippen LogP) is 5.56. The maximum Gasteiger partial charge on any atom is 0.0161 e. The van der Waals surface area contributed by atoms with E-state index in [0.29, 0.717) is 11.8 Å². The molecule has 0 nitrogen and oxygen atoms in total. The molecule has 0 fully saturated rings. The van der Waals surface area contributed by atoms with Gasteiger partial charge in [0.1, 0.15) is 0 Å². The van der Waals surface area contributed by atoms with Gasteiger partial charge < -0.3 is 0 Å². The number of benzene rings is 2. The van der Waals surface area contributed by atoms with E-state index in [1.54, 1.807) is 0 Å². The van der Waals surface area contributed by atoms with Crippen molar-refractivity contribution >= 4 is 0 Å². The van der Waals surface area contributed by atoms with E-state index >= 15 is 0 Å². The minimum absolute atomic E-state index is 0. The zero-order chi connectivity index (χ0) is 14.4. The molecule has 0 unspecified atom stereocenters. The smallest absolute Gasteiger partial charge is 0.0161 e. The van der Waals surface area contributed by atoms with E-state index < -0.39 is 0 Å². The zero-order valence-corrected chi connectivity index (χ0v) is 15.5. The van der Waals surface area contributed by atoms with Gasteiger partial charge in [-0.2, -0.15) is 0 Å². The molecule has 22 heavy (non-hydrogen) atoms. The van der Waals surface area contributed by atoms with E-state index in [9.17, 15) is 0 Å². The summed E-state index contributed by atoms with van der Waals surface area (Å²) in [6, 6.07) is 17.8. The van der Waals surface area contributed by atoms with Crippen molar-refractivity contribution in [3.8, 4) is 11.1 Å². The van der Waals surface area contributed by atoms with Crippen molar-refractivity contribution < 1.29 is 26.2 Å². The first-order valence-electron chi connectivity index (χ1n) is 7.73. The van der Waals surface area contributed by atoms with E-state index in [1.165, 1.54) is 22.3 Å². The summed E-state index contributed by atoms with van der Waals surface area (Å²) >= 11 is 0. The van der Waals surface area contributed by atoms with Crippen LogP contribution in [0.3, 0.4) is 0 Å². The molecule has 0 aliphatic heterocycles. The number of hydrogen-bond acceptors (Lipinski definition) is 0. The quantitative estimate of drug-likeness (QED) is 0.655. The van der Waals surface area contributed by atoms with Gasteiger partial charge in [-0.1, -0.05) is 86.7 Å². The van der Waals surface area contributed by atoms with E-state index in [4.69, 9.17) is 0 Å². The Bertz CT molecular complexity index is 695. The Hall–Kier alpha value is -1.20. The van der Waals surface area contributed by atoms with Gasteiger partial charge in [0.25, 0.3) is 0 Å². The predicted molar refractivity (Wildman–Crippen MR) is 89.3 cm³/mol. The molecule has 2 aromatic carbocycles. The normalized spacial score (nSPS) is 16.5. The van der Waals surface area contributed by atoms with Gasteiger partial charge in [0.2, 0.25) is 0 Å². The third-order valence-corrected chi connectivity index (χ3v) is 5.18. The van der Waals surface area contributed by atoms with Gasteiger partial charge in [-0.05, 0) is 27.7 Å². The monoisotopic (exact) mass is 362 g/mol. The molecular weight excluding hydrogens is 343 g/mol. The van der Waals surface area contributed by atoms with Crippen molar-refractivity contribution in [2.45, 2.75) is 19.8 Å². The number of allylic oxidation sites excluding steroid dienone is 4. The van der Waals surface area contributed by atoms with Gasteiger partial charge in [0.15, 0.2) is 0 Å². The summed E-state index contributed by atoms with van der Waals surface area (Å²) in [4.78, 5) is 0. The van der Waals surface area contributed by atoms with E-state index in [0.717, 1.165) is 0 Å². The molecule has 2 aliphatic carbocycles. The molecule has 0 saturated heterocycles. The van der Waals surface area contributed by atoms with Crippen molar-refractivity contribution in [3.63, 3.8) is 0 Å². The number of hydrogen-bond donors (Lipinski definition) is 0. The fourth-order valence-electron chi connectivity index (χ4n) is 4.08. The van der Waals surface area contributed by atoms with Gasteiger partial charge in [0, 0.05) is 38.0 Å². The maximum absolute atomic E-state index is 2.40. The van der Waals surface area contributed by atoms with Gasteiger partial charge in [0.05, 0.1) is 0 Å². The molecular formula is C21H20Zr. The Morgan fingerprint density at radius 2 is 1.18 bits per heavy atom. The molecule has 0 aromatic heterocycles. The molecule has 2 aliphatic rings. The molecule has 0 radical (unpaired) electrons. The second-order valence-corrected chi connectivity index (χ2v) is 6.72. The minimum Gasteiger partial charge on any atom is -0.0771 e. The van der Waals surface area contributed by atoms with Crippen LogP contribution in [0.4, 0.5) is 0 Å². The summed E-state index contributed by atoms with van der Waals surface area (Å²) < 4.78 is 0. The number of fused-ring (bicyclic) bond motifs is 3. The van der Waals surface area contributed by atoms with Gasteiger partial charge in [-0.25, -0.2) is 0 Å². The van der Waals surface area contributed by atoms with Crippen LogP contribution in [-0.2, 0) is 26.2 Å². The maximum atomic E-state index is 2.40. The van der Waals surface area contributed by atoms with E-state index in [1.807, 2.05) is 0 Å². The largest absolute Gasteiger partial charge is 0.0771 e. The molecule has 4 rings (SSSR count). The molecule has 0 spiro atoms. The van der Waals surface area contributed by atoms with Crippen LogP contribution in [0.1, 0.15) is 30.9 Å². The van der Waals surface area contributed by atoms with Crippen LogP contribution in [0.25, 0.3) is 11.1 Å². The summed E-state index contributed by atoms with van der Waals surface area (Å²) in [5.41, 5.74) is 5.97. The van der Waals surface area contributed by atoms with Crippen LogP contribution in [0.2, 0.25) is 0 Å². The third kappa shape index (κ3) is 2.22. The van der Waals surface area contributed by atoms with Crippen LogP contribution in [0, 0.1) is 11.3 Å². The van der Waals surface area contributed by atoms with Crippen LogP contribution in [-0.4, -0.2) is 0 Å². The average molecular weight is 364 g/mol. The molecule has 1 heteroatoms. The first-order chi connectivity index (χ1) is 10.2. The molecule has 108 valence electrons. The van der Waals surface area contributed by atoms with E-state index in [-0.39, 0.29) is 31.6 Å². The standard InChI is InChI=1S/C21H20.Zr/c1-21(2,15-9-3-4-10-15)20-18-13-7-5-11-16(18)17-12-6-8-14-19(17)20;/h3-15,20H,1-2H3;. The fourth-order valence-corrected chi connectivity index (χ4v) is 4.08. The van der Waals surface area contributed by atoms with Crippen molar-refractivity contribution in [1.82, 2.24) is 0 Å². The van der Waals surface area contributed by atoms with Crippen molar-refractivity contribution in [1.29, 1.82) is 0 Å². The molecule has 0 N–H and O–H groups in total. The molecule has 0 saturated carbocycles. The number of rotatable bonds is 2. The summed E-state index contributed by atoms with van der Waals surface area (Å²) in [5, 5.41) is 0. The second kappa shape index (κ2) is 5.78. The average Bonchev–Trinajstić information content (AvgIpc) is 3.14. The topological polar surface area (TPSA) is 0 Å². The summed E-state index contributed by atoms with van der Waals surface area (Å²) in [6.45, 7) is 4.81. The van der Waals surface area contributed by atoms with Crippen molar-refractivity contribution in [2.24, 2.45) is 11.3 Å². The minimum atomic E-state index is 0. The Balaban J connectivity index is 0.00000144. The third-order valence-electron chi connectivity index (χ3n) is 5.18. The molecule has 0 atom stereocenters. The molecule has 2 aromatic rings. The zero-order valence-electron chi connectivity index (χ0n) is 13.1. The Morgan fingerprint density at radius 3 is 1.68 bits per heavy atom. The second-order valence-electron chi connectivity index (χ2n) is 6.72. The molecule has 0 heterocycles. The summed E-state index contributed by atoms with van der Waals surface area (Å²) in [5.74, 6) is 0.962. The van der Waals surface area contributed by atoms with Gasteiger partial charge in [-0.15, -0.1) is 0 Å². The van der Waals surface area contributed by atoms with Crippen LogP contribution in [0.5, 0.6) is 0 Å². The summed E-state index contributed by atoms with van der Waals surface area (Å²) in [6.07, 6.45) is 9.03. The van der Waals surface area contributed by atoms with Crippen LogP contribution in [0.15, 0.2) is 72.8 Å². The van der Waals surface area contributed by atoms with Crippen LogP contribution < -0.4 is 0 Å². The van der Waals surface area contributed by atoms with Crippen molar-refractivity contribution in [3.05, 3.63) is 84.0 Å². The first-order valence-corrected chi connectivity index (χ1v) is 7.73. The Labute approximate surface area is 152 Å².